The highest BCUT2D eigenvalue weighted by Crippen LogP contribution is 2.37. The van der Waals surface area contributed by atoms with Gasteiger partial charge in [0.2, 0.25) is 0 Å². The van der Waals surface area contributed by atoms with Crippen LogP contribution in [-0.4, -0.2) is 19.3 Å². The van der Waals surface area contributed by atoms with Gasteiger partial charge in [-0.2, -0.15) is 5.10 Å². The number of nitrogens with zero attached hydrogens (tertiary/aromatic N) is 4. The Bertz CT molecular complexity index is 2190. The largest absolute Gasteiger partial charge is 0.457 e. The lowest BCUT2D eigenvalue weighted by molar-refractivity contribution is 0.482. The maximum atomic E-state index is 6.65. The number of aryl methyl sites for hydroxylation is 3. The Balaban J connectivity index is 1.34. The summed E-state index contributed by atoms with van der Waals surface area (Å²) in [6, 6.07) is 34.3. The first-order valence-corrected chi connectivity index (χ1v) is 15.8. The number of hydrogen-bond donors (Lipinski definition) is 0. The van der Waals surface area contributed by atoms with Gasteiger partial charge in [-0.15, -0.1) is 0 Å². The first kappa shape index (κ1) is 28.6. The summed E-state index contributed by atoms with van der Waals surface area (Å²) in [7, 11) is 0. The molecule has 0 amide bonds. The van der Waals surface area contributed by atoms with E-state index in [0.29, 0.717) is 5.92 Å². The summed E-state index contributed by atoms with van der Waals surface area (Å²) in [5.41, 5.74) is 11.3. The zero-order valence-electron chi connectivity index (χ0n) is 26.8. The van der Waals surface area contributed by atoms with Crippen molar-refractivity contribution in [2.24, 2.45) is 0 Å². The highest BCUT2D eigenvalue weighted by Gasteiger charge is 2.18. The number of hydrogen-bond acceptors (Lipinski definition) is 3. The molecule has 3 heterocycles. The molecule has 0 saturated heterocycles. The van der Waals surface area contributed by atoms with Gasteiger partial charge in [-0.25, -0.2) is 9.67 Å². The molecule has 0 saturated carbocycles. The molecule has 45 heavy (non-hydrogen) atoms. The van der Waals surface area contributed by atoms with Gasteiger partial charge in [0.05, 0.1) is 22.4 Å². The minimum Gasteiger partial charge on any atom is -0.457 e. The lowest BCUT2D eigenvalue weighted by Crippen LogP contribution is -2.01. The van der Waals surface area contributed by atoms with Crippen LogP contribution < -0.4 is 4.74 Å². The molecule has 0 radical (unpaired) electrons. The van der Waals surface area contributed by atoms with E-state index < -0.39 is 0 Å². The number of benzene rings is 4. The molecule has 0 unspecified atom stereocenters. The molecule has 0 N–H and O–H groups in total. The monoisotopic (exact) mass is 590 g/mol. The third-order valence-corrected chi connectivity index (χ3v) is 8.75. The summed E-state index contributed by atoms with van der Waals surface area (Å²) in [6.45, 7) is 13.0. The van der Waals surface area contributed by atoms with E-state index in [9.17, 15) is 0 Å². The summed E-state index contributed by atoms with van der Waals surface area (Å²) in [5, 5.41) is 7.37. The van der Waals surface area contributed by atoms with Crippen LogP contribution in [0.3, 0.4) is 0 Å². The predicted octanol–water partition coefficient (Wildman–Crippen LogP) is 10.4. The molecule has 3 aromatic heterocycles. The molecule has 5 nitrogen and oxygen atoms in total. The summed E-state index contributed by atoms with van der Waals surface area (Å²) < 4.78 is 10.9. The molecule has 0 aliphatic rings. The van der Waals surface area contributed by atoms with Crippen molar-refractivity contribution in [3.63, 3.8) is 0 Å². The molecule has 0 atom stereocenters. The Labute approximate surface area is 264 Å². The molecular weight excluding hydrogens is 552 g/mol. The Morgan fingerprint density at radius 3 is 2.33 bits per heavy atom. The van der Waals surface area contributed by atoms with Gasteiger partial charge in [0.25, 0.3) is 0 Å². The molecule has 0 aliphatic carbocycles. The number of aromatic nitrogens is 4. The summed E-state index contributed by atoms with van der Waals surface area (Å²) >= 11 is 0. The number of fused-ring (bicyclic) bond motifs is 3. The van der Waals surface area contributed by atoms with Gasteiger partial charge in [-0.1, -0.05) is 57.2 Å². The SMILES string of the molecule is CCc1cc(Oc2ccc3c4cc(C(C)C)ccc4n(-c4cc(C)ccn4)c3c2)cc(-n2nc(C)c(-c3ccccc3)c2C)c1. The van der Waals surface area contributed by atoms with Crippen LogP contribution in [0.25, 0.3) is 44.4 Å². The lowest BCUT2D eigenvalue weighted by atomic mass is 10.0. The van der Waals surface area contributed by atoms with Crippen LogP contribution in [0.2, 0.25) is 0 Å². The van der Waals surface area contributed by atoms with E-state index in [2.05, 4.69) is 131 Å². The van der Waals surface area contributed by atoms with Crippen molar-refractivity contribution in [3.8, 4) is 34.1 Å². The van der Waals surface area contributed by atoms with Crippen molar-refractivity contribution in [2.45, 2.75) is 53.9 Å². The fourth-order valence-electron chi connectivity index (χ4n) is 6.41. The molecule has 7 aromatic rings. The number of rotatable bonds is 7. The predicted molar refractivity (Wildman–Crippen MR) is 185 cm³/mol. The van der Waals surface area contributed by atoms with Crippen LogP contribution in [0, 0.1) is 20.8 Å². The average molecular weight is 591 g/mol. The molecular formula is C40H38N4O. The number of ether oxygens (including phenoxy) is 1. The first-order valence-electron chi connectivity index (χ1n) is 15.8. The van der Waals surface area contributed by atoms with E-state index in [0.717, 1.165) is 51.8 Å². The van der Waals surface area contributed by atoms with Crippen LogP contribution in [0.4, 0.5) is 0 Å². The third kappa shape index (κ3) is 5.18. The first-order chi connectivity index (χ1) is 21.8. The molecule has 5 heteroatoms. The lowest BCUT2D eigenvalue weighted by Gasteiger charge is -2.13. The van der Waals surface area contributed by atoms with Gasteiger partial charge >= 0.3 is 0 Å². The Kier molecular flexibility index (Phi) is 7.25. The fraction of sp³-hybridized carbons (Fsp3) is 0.200. The molecule has 0 aliphatic heterocycles. The van der Waals surface area contributed by atoms with Crippen LogP contribution in [0.15, 0.2) is 103 Å². The smallest absolute Gasteiger partial charge is 0.137 e. The zero-order valence-corrected chi connectivity index (χ0v) is 26.8. The van der Waals surface area contributed by atoms with Gasteiger partial charge in [0.1, 0.15) is 17.3 Å². The van der Waals surface area contributed by atoms with Gasteiger partial charge in [-0.3, -0.25) is 4.57 Å². The van der Waals surface area contributed by atoms with E-state index in [1.165, 1.54) is 38.6 Å². The second-order valence-corrected chi connectivity index (χ2v) is 12.3. The van der Waals surface area contributed by atoms with Crippen LogP contribution in [0.5, 0.6) is 11.5 Å². The van der Waals surface area contributed by atoms with Crippen LogP contribution in [0.1, 0.15) is 54.8 Å². The third-order valence-electron chi connectivity index (χ3n) is 8.75. The molecule has 224 valence electrons. The number of pyridine rings is 1. The molecule has 7 rings (SSSR count). The molecule has 0 spiro atoms. The molecule has 0 bridgehead atoms. The summed E-state index contributed by atoms with van der Waals surface area (Å²) in [6.07, 6.45) is 2.77. The van der Waals surface area contributed by atoms with Crippen molar-refractivity contribution < 1.29 is 4.74 Å². The Hall–Kier alpha value is -5.16. The second-order valence-electron chi connectivity index (χ2n) is 12.3. The maximum absolute atomic E-state index is 6.65. The van der Waals surface area contributed by atoms with Gasteiger partial charge in [-0.05, 0) is 104 Å². The van der Waals surface area contributed by atoms with E-state index in [1.54, 1.807) is 0 Å². The normalized spacial score (nSPS) is 11.6. The second kappa shape index (κ2) is 11.4. The van der Waals surface area contributed by atoms with Crippen molar-refractivity contribution in [1.82, 2.24) is 19.3 Å². The van der Waals surface area contributed by atoms with Crippen molar-refractivity contribution in [1.29, 1.82) is 0 Å². The quantitative estimate of drug-likeness (QED) is 0.185. The molecule has 4 aromatic carbocycles. The van der Waals surface area contributed by atoms with Crippen LogP contribution in [-0.2, 0) is 6.42 Å². The Morgan fingerprint density at radius 1 is 0.756 bits per heavy atom. The van der Waals surface area contributed by atoms with E-state index >= 15 is 0 Å². The minimum atomic E-state index is 0.443. The van der Waals surface area contributed by atoms with E-state index in [-0.39, 0.29) is 0 Å². The fourth-order valence-corrected chi connectivity index (χ4v) is 6.41. The van der Waals surface area contributed by atoms with Crippen molar-refractivity contribution in [3.05, 3.63) is 131 Å². The minimum absolute atomic E-state index is 0.443. The maximum Gasteiger partial charge on any atom is 0.137 e. The summed E-state index contributed by atoms with van der Waals surface area (Å²) in [4.78, 5) is 4.77. The standard InChI is InChI=1S/C40H38N4O/c1-7-29-20-32(44-28(6)40(27(5)42-44)30-11-9-8-10-12-30)23-34(21-29)45-33-14-15-35-36-22-31(25(2)3)13-16-37(36)43(38(35)24-33)39-19-26(4)17-18-41-39/h8-25H,7H2,1-6H3. The van der Waals surface area contributed by atoms with E-state index in [1.807, 2.05) is 23.0 Å². The zero-order chi connectivity index (χ0) is 31.2. The van der Waals surface area contributed by atoms with Gasteiger partial charge in [0, 0.05) is 40.4 Å². The Morgan fingerprint density at radius 2 is 1.58 bits per heavy atom. The summed E-state index contributed by atoms with van der Waals surface area (Å²) in [5.74, 6) is 2.91. The highest BCUT2D eigenvalue weighted by molar-refractivity contribution is 6.09. The average Bonchev–Trinajstić information content (AvgIpc) is 3.53. The topological polar surface area (TPSA) is 44.9 Å². The highest BCUT2D eigenvalue weighted by atomic mass is 16.5. The van der Waals surface area contributed by atoms with Gasteiger partial charge < -0.3 is 4.74 Å². The molecule has 0 fully saturated rings. The van der Waals surface area contributed by atoms with Crippen LogP contribution >= 0.6 is 0 Å². The van der Waals surface area contributed by atoms with E-state index in [4.69, 9.17) is 14.8 Å². The van der Waals surface area contributed by atoms with Gasteiger partial charge in [0.15, 0.2) is 0 Å². The van der Waals surface area contributed by atoms with Crippen molar-refractivity contribution >= 4 is 21.8 Å². The van der Waals surface area contributed by atoms with Crippen molar-refractivity contribution in [2.75, 3.05) is 0 Å².